The first kappa shape index (κ1) is 18.6. The summed E-state index contributed by atoms with van der Waals surface area (Å²) >= 11 is 0. The molecular weight excluding hydrogens is 367 g/mol. The molecule has 1 N–H and O–H groups in total. The van der Waals surface area contributed by atoms with Gasteiger partial charge in [0.25, 0.3) is 5.91 Å². The van der Waals surface area contributed by atoms with Crippen molar-refractivity contribution >= 4 is 16.8 Å². The second-order valence-electron chi connectivity index (χ2n) is 6.87. The predicted molar refractivity (Wildman–Crippen MR) is 111 cm³/mol. The molecule has 3 aromatic carbocycles. The van der Waals surface area contributed by atoms with Crippen molar-refractivity contribution in [3.05, 3.63) is 118 Å². The van der Waals surface area contributed by atoms with E-state index in [0.29, 0.717) is 5.52 Å². The molecule has 0 atom stereocenters. The van der Waals surface area contributed by atoms with E-state index in [0.717, 1.165) is 11.1 Å². The zero-order chi connectivity index (χ0) is 20.4. The van der Waals surface area contributed by atoms with Crippen molar-refractivity contribution in [1.29, 1.82) is 0 Å². The lowest BCUT2D eigenvalue weighted by Crippen LogP contribution is -2.33. The number of benzene rings is 3. The van der Waals surface area contributed by atoms with Crippen molar-refractivity contribution in [3.63, 3.8) is 0 Å². The molecule has 5 heteroatoms. The number of hydrogen-bond acceptors (Lipinski definition) is 2. The van der Waals surface area contributed by atoms with Crippen LogP contribution in [0.5, 0.6) is 0 Å². The Balaban J connectivity index is 1.77. The van der Waals surface area contributed by atoms with Gasteiger partial charge in [-0.05, 0) is 29.3 Å². The fraction of sp³-hybridized carbons (Fsp3) is 0.0833. The molecule has 0 bridgehead atoms. The van der Waals surface area contributed by atoms with E-state index in [1.807, 2.05) is 60.7 Å². The van der Waals surface area contributed by atoms with Crippen molar-refractivity contribution in [1.82, 2.24) is 9.88 Å². The van der Waals surface area contributed by atoms with Gasteiger partial charge in [-0.15, -0.1) is 0 Å². The molecule has 0 unspecified atom stereocenters. The normalized spacial score (nSPS) is 11.0. The van der Waals surface area contributed by atoms with Crippen LogP contribution < -0.4 is 10.7 Å². The predicted octanol–water partition coefficient (Wildman–Crippen LogP) is 4.20. The van der Waals surface area contributed by atoms with Gasteiger partial charge in [-0.2, -0.15) is 0 Å². The van der Waals surface area contributed by atoms with Crippen molar-refractivity contribution in [2.24, 2.45) is 7.05 Å². The Morgan fingerprint density at radius 1 is 0.931 bits per heavy atom. The van der Waals surface area contributed by atoms with Crippen LogP contribution in [-0.2, 0) is 7.05 Å². The summed E-state index contributed by atoms with van der Waals surface area (Å²) in [5.74, 6) is -1.02. The summed E-state index contributed by atoms with van der Waals surface area (Å²) in [6.45, 7) is 0. The molecule has 0 aliphatic carbocycles. The van der Waals surface area contributed by atoms with Gasteiger partial charge in [-0.25, -0.2) is 4.39 Å². The maximum absolute atomic E-state index is 13.7. The first-order valence-corrected chi connectivity index (χ1v) is 9.24. The maximum atomic E-state index is 13.7. The number of rotatable bonds is 4. The summed E-state index contributed by atoms with van der Waals surface area (Å²) in [6.07, 6.45) is 1.49. The molecule has 1 amide bonds. The average molecular weight is 386 g/mol. The van der Waals surface area contributed by atoms with Gasteiger partial charge in [0, 0.05) is 18.6 Å². The Hall–Kier alpha value is -3.73. The first-order valence-electron chi connectivity index (χ1n) is 9.24. The van der Waals surface area contributed by atoms with Gasteiger partial charge in [-0.1, -0.05) is 60.7 Å². The minimum atomic E-state index is -0.515. The minimum Gasteiger partial charge on any atom is -0.350 e. The number of nitrogens with zero attached hydrogens (tertiary/aromatic N) is 1. The molecule has 4 rings (SSSR count). The molecule has 0 radical (unpaired) electrons. The summed E-state index contributed by atoms with van der Waals surface area (Å²) < 4.78 is 15.3. The van der Waals surface area contributed by atoms with Gasteiger partial charge >= 0.3 is 0 Å². The number of carbonyl (C=O) groups is 1. The molecule has 0 fully saturated rings. The number of aryl methyl sites for hydroxylation is 1. The van der Waals surface area contributed by atoms with Crippen molar-refractivity contribution in [3.8, 4) is 0 Å². The van der Waals surface area contributed by atoms with Crippen LogP contribution in [-0.4, -0.2) is 10.5 Å². The zero-order valence-corrected chi connectivity index (χ0v) is 15.8. The second-order valence-corrected chi connectivity index (χ2v) is 6.87. The highest BCUT2D eigenvalue weighted by molar-refractivity contribution is 5.97. The first-order chi connectivity index (χ1) is 14.0. The number of carbonyl (C=O) groups excluding carboxylic acids is 1. The van der Waals surface area contributed by atoms with Crippen LogP contribution in [0.2, 0.25) is 0 Å². The number of fused-ring (bicyclic) bond motifs is 1. The molecule has 4 aromatic rings. The van der Waals surface area contributed by atoms with Crippen molar-refractivity contribution < 1.29 is 9.18 Å². The van der Waals surface area contributed by atoms with Gasteiger partial charge in [0.05, 0.1) is 11.6 Å². The summed E-state index contributed by atoms with van der Waals surface area (Å²) in [7, 11) is 1.72. The fourth-order valence-corrected chi connectivity index (χ4v) is 3.49. The standard InChI is InChI=1S/C24H19FN2O2/c1-27-15-20(23(28)19-14-18(25)12-13-21(19)27)24(29)26-22(16-8-4-2-5-9-16)17-10-6-3-7-11-17/h2-15,22H,1H3,(H,26,29). The molecule has 0 aliphatic rings. The van der Waals surface area contributed by atoms with E-state index in [1.165, 1.54) is 24.4 Å². The monoisotopic (exact) mass is 386 g/mol. The van der Waals surface area contributed by atoms with E-state index < -0.39 is 23.2 Å². The molecule has 144 valence electrons. The lowest BCUT2D eigenvalue weighted by atomic mass is 9.98. The van der Waals surface area contributed by atoms with Crippen LogP contribution in [0.4, 0.5) is 4.39 Å². The smallest absolute Gasteiger partial charge is 0.257 e. The average Bonchev–Trinajstić information content (AvgIpc) is 2.75. The fourth-order valence-electron chi connectivity index (χ4n) is 3.49. The number of hydrogen-bond donors (Lipinski definition) is 1. The van der Waals surface area contributed by atoms with Crippen LogP contribution in [0.25, 0.3) is 10.9 Å². The van der Waals surface area contributed by atoms with Gasteiger partial charge in [0.2, 0.25) is 5.43 Å². The Labute approximate surface area is 167 Å². The summed E-state index contributed by atoms with van der Waals surface area (Å²) in [6, 6.07) is 22.7. The topological polar surface area (TPSA) is 51.1 Å². The van der Waals surface area contributed by atoms with E-state index in [9.17, 15) is 14.0 Å². The maximum Gasteiger partial charge on any atom is 0.257 e. The van der Waals surface area contributed by atoms with Gasteiger partial charge in [0.1, 0.15) is 11.4 Å². The van der Waals surface area contributed by atoms with E-state index in [2.05, 4.69) is 5.32 Å². The summed E-state index contributed by atoms with van der Waals surface area (Å²) in [5, 5.41) is 3.14. The summed E-state index contributed by atoms with van der Waals surface area (Å²) in [5.41, 5.74) is 1.85. The molecule has 0 spiro atoms. The SMILES string of the molecule is Cn1cc(C(=O)NC(c2ccccc2)c2ccccc2)c(=O)c2cc(F)ccc21. The molecule has 1 heterocycles. The van der Waals surface area contributed by atoms with Gasteiger partial charge < -0.3 is 9.88 Å². The Morgan fingerprint density at radius 2 is 1.52 bits per heavy atom. The minimum absolute atomic E-state index is 0.0255. The van der Waals surface area contributed by atoms with Crippen LogP contribution in [0.1, 0.15) is 27.5 Å². The lowest BCUT2D eigenvalue weighted by Gasteiger charge is -2.20. The van der Waals surface area contributed by atoms with Crippen molar-refractivity contribution in [2.45, 2.75) is 6.04 Å². The number of amides is 1. The van der Waals surface area contributed by atoms with Crippen LogP contribution in [0.3, 0.4) is 0 Å². The van der Waals surface area contributed by atoms with Crippen molar-refractivity contribution in [2.75, 3.05) is 0 Å². The van der Waals surface area contributed by atoms with E-state index in [1.54, 1.807) is 11.6 Å². The Morgan fingerprint density at radius 3 is 2.10 bits per heavy atom. The molecule has 0 aliphatic heterocycles. The number of nitrogens with one attached hydrogen (secondary N) is 1. The number of halogens is 1. The largest absolute Gasteiger partial charge is 0.350 e. The van der Waals surface area contributed by atoms with Gasteiger partial charge in [0.15, 0.2) is 0 Å². The molecule has 29 heavy (non-hydrogen) atoms. The number of aromatic nitrogens is 1. The third-order valence-electron chi connectivity index (χ3n) is 4.94. The van der Waals surface area contributed by atoms with E-state index >= 15 is 0 Å². The molecule has 1 aromatic heterocycles. The third-order valence-corrected chi connectivity index (χ3v) is 4.94. The highest BCUT2D eigenvalue weighted by atomic mass is 19.1. The van der Waals surface area contributed by atoms with Crippen LogP contribution in [0.15, 0.2) is 89.9 Å². The lowest BCUT2D eigenvalue weighted by molar-refractivity contribution is 0.0941. The zero-order valence-electron chi connectivity index (χ0n) is 15.8. The van der Waals surface area contributed by atoms with Gasteiger partial charge in [-0.3, -0.25) is 9.59 Å². The second kappa shape index (κ2) is 7.72. The molecule has 0 saturated heterocycles. The van der Waals surface area contributed by atoms with Crippen LogP contribution in [0, 0.1) is 5.82 Å². The number of pyridine rings is 1. The molecule has 4 nitrogen and oxygen atoms in total. The van der Waals surface area contributed by atoms with Crippen LogP contribution >= 0.6 is 0 Å². The van der Waals surface area contributed by atoms with E-state index in [4.69, 9.17) is 0 Å². The molecule has 0 saturated carbocycles. The Bertz CT molecular complexity index is 1190. The molecular formula is C24H19FN2O2. The van der Waals surface area contributed by atoms with E-state index in [-0.39, 0.29) is 10.9 Å². The highest BCUT2D eigenvalue weighted by Crippen LogP contribution is 2.22. The third kappa shape index (κ3) is 3.67. The Kier molecular flexibility index (Phi) is 4.96. The summed E-state index contributed by atoms with van der Waals surface area (Å²) in [4.78, 5) is 26.0. The highest BCUT2D eigenvalue weighted by Gasteiger charge is 2.21. The quantitative estimate of drug-likeness (QED) is 0.572.